The quantitative estimate of drug-likeness (QED) is 0.837. The molecular weight excluding hydrogens is 385 g/mol. The summed E-state index contributed by atoms with van der Waals surface area (Å²) < 4.78 is 13.2. The van der Waals surface area contributed by atoms with E-state index in [0.717, 1.165) is 30.2 Å². The molecule has 8 heteroatoms. The molecule has 0 saturated carbocycles. The zero-order chi connectivity index (χ0) is 21.3. The Balaban J connectivity index is 1.54. The molecule has 1 unspecified atom stereocenters. The molecule has 4 rings (SSSR count). The summed E-state index contributed by atoms with van der Waals surface area (Å²) in [6.45, 7) is 3.53. The van der Waals surface area contributed by atoms with Crippen molar-refractivity contribution in [2.45, 2.75) is 38.0 Å². The number of amides is 2. The highest BCUT2D eigenvalue weighted by molar-refractivity contribution is 5.96. The predicted octanol–water partition coefficient (Wildman–Crippen LogP) is 2.90. The summed E-state index contributed by atoms with van der Waals surface area (Å²) in [6.07, 6.45) is 2.02. The Hall–Kier alpha value is -3.03. The second kappa shape index (κ2) is 8.38. The number of piperidine rings is 1. The number of hydrogen-bond acceptors (Lipinski definition) is 5. The second-order valence-corrected chi connectivity index (χ2v) is 7.95. The Morgan fingerprint density at radius 2 is 1.83 bits per heavy atom. The molecule has 0 spiro atoms. The Morgan fingerprint density at radius 1 is 1.13 bits per heavy atom. The van der Waals surface area contributed by atoms with Crippen LogP contribution in [0.2, 0.25) is 0 Å². The Labute approximate surface area is 175 Å². The van der Waals surface area contributed by atoms with Crippen molar-refractivity contribution in [1.29, 1.82) is 0 Å². The van der Waals surface area contributed by atoms with Gasteiger partial charge in [-0.05, 0) is 37.1 Å². The van der Waals surface area contributed by atoms with Crippen LogP contribution in [0.5, 0.6) is 0 Å². The van der Waals surface area contributed by atoms with Crippen molar-refractivity contribution in [1.82, 2.24) is 14.9 Å². The third kappa shape index (κ3) is 4.13. The van der Waals surface area contributed by atoms with E-state index in [1.165, 1.54) is 12.1 Å². The number of carbonyl (C=O) groups is 2. The van der Waals surface area contributed by atoms with Crippen LogP contribution in [0.15, 0.2) is 30.3 Å². The van der Waals surface area contributed by atoms with E-state index < -0.39 is 0 Å². The zero-order valence-corrected chi connectivity index (χ0v) is 17.3. The molecule has 2 saturated heterocycles. The number of nitrogens with one attached hydrogen (secondary N) is 1. The SMILES string of the molecule is CNc1cc(C2CC(=O)N(c3ccc(F)cc3)C2)nc(C2CCN(C(C)=O)CC2)n1. The van der Waals surface area contributed by atoms with Crippen LogP contribution in [-0.4, -0.2) is 53.4 Å². The summed E-state index contributed by atoms with van der Waals surface area (Å²) in [7, 11) is 1.82. The van der Waals surface area contributed by atoms with E-state index in [4.69, 9.17) is 4.98 Å². The third-order valence-electron chi connectivity index (χ3n) is 6.01. The maximum absolute atomic E-state index is 13.2. The van der Waals surface area contributed by atoms with Gasteiger partial charge >= 0.3 is 0 Å². The normalized spacial score (nSPS) is 20.0. The van der Waals surface area contributed by atoms with Crippen molar-refractivity contribution in [3.63, 3.8) is 0 Å². The Bertz CT molecular complexity index is 941. The molecule has 2 amide bonds. The first-order valence-corrected chi connectivity index (χ1v) is 10.3. The smallest absolute Gasteiger partial charge is 0.227 e. The number of anilines is 2. The van der Waals surface area contributed by atoms with Gasteiger partial charge in [0.2, 0.25) is 11.8 Å². The summed E-state index contributed by atoms with van der Waals surface area (Å²) in [5.74, 6) is 1.44. The van der Waals surface area contributed by atoms with Crippen molar-refractivity contribution in [2.24, 2.45) is 0 Å². The highest BCUT2D eigenvalue weighted by atomic mass is 19.1. The number of rotatable bonds is 4. The number of likely N-dealkylation sites (tertiary alicyclic amines) is 1. The molecule has 1 aromatic carbocycles. The van der Waals surface area contributed by atoms with E-state index >= 15 is 0 Å². The molecule has 0 aliphatic carbocycles. The van der Waals surface area contributed by atoms with Gasteiger partial charge in [-0.2, -0.15) is 0 Å². The first kappa shape index (κ1) is 20.3. The fraction of sp³-hybridized carbons (Fsp3) is 0.455. The van der Waals surface area contributed by atoms with Crippen LogP contribution in [0, 0.1) is 5.82 Å². The third-order valence-corrected chi connectivity index (χ3v) is 6.01. The topological polar surface area (TPSA) is 78.4 Å². The molecule has 0 radical (unpaired) electrons. The van der Waals surface area contributed by atoms with Gasteiger partial charge in [-0.3, -0.25) is 9.59 Å². The summed E-state index contributed by atoms with van der Waals surface area (Å²) in [5, 5.41) is 3.10. The van der Waals surface area contributed by atoms with Gasteiger partial charge in [-0.25, -0.2) is 14.4 Å². The monoisotopic (exact) mass is 411 g/mol. The molecule has 158 valence electrons. The first-order chi connectivity index (χ1) is 14.4. The zero-order valence-electron chi connectivity index (χ0n) is 17.3. The van der Waals surface area contributed by atoms with Gasteiger partial charge in [0.05, 0.1) is 5.69 Å². The highest BCUT2D eigenvalue weighted by Gasteiger charge is 2.34. The number of benzene rings is 1. The van der Waals surface area contributed by atoms with Crippen molar-refractivity contribution in [3.8, 4) is 0 Å². The van der Waals surface area contributed by atoms with Crippen LogP contribution in [0.25, 0.3) is 0 Å². The van der Waals surface area contributed by atoms with E-state index in [0.29, 0.717) is 31.7 Å². The summed E-state index contributed by atoms with van der Waals surface area (Å²) in [5.41, 5.74) is 1.54. The van der Waals surface area contributed by atoms with Gasteiger partial charge in [0.15, 0.2) is 0 Å². The number of aromatic nitrogens is 2. The standard InChI is InChI=1S/C22H26FN5O2/c1-14(29)27-9-7-15(8-10-27)22-25-19(12-20(24-2)26-22)16-11-21(30)28(13-16)18-5-3-17(23)4-6-18/h3-6,12,15-16H,7-11,13H2,1-2H3,(H,24,25,26). The number of hydrogen-bond donors (Lipinski definition) is 1. The van der Waals surface area contributed by atoms with Gasteiger partial charge < -0.3 is 15.1 Å². The van der Waals surface area contributed by atoms with Gasteiger partial charge in [-0.15, -0.1) is 0 Å². The van der Waals surface area contributed by atoms with Crippen LogP contribution in [0.3, 0.4) is 0 Å². The maximum atomic E-state index is 13.2. The average molecular weight is 411 g/mol. The van der Waals surface area contributed by atoms with Crippen LogP contribution in [0.4, 0.5) is 15.9 Å². The number of nitrogens with zero attached hydrogens (tertiary/aromatic N) is 4. The van der Waals surface area contributed by atoms with Crippen molar-refractivity contribution in [3.05, 3.63) is 47.7 Å². The predicted molar refractivity (Wildman–Crippen MR) is 112 cm³/mol. The van der Waals surface area contributed by atoms with E-state index in [-0.39, 0.29) is 29.5 Å². The van der Waals surface area contributed by atoms with Crippen molar-refractivity contribution >= 4 is 23.3 Å². The molecular formula is C22H26FN5O2. The largest absolute Gasteiger partial charge is 0.373 e. The summed E-state index contributed by atoms with van der Waals surface area (Å²) in [6, 6.07) is 7.89. The lowest BCUT2D eigenvalue weighted by Crippen LogP contribution is -2.36. The minimum atomic E-state index is -0.322. The van der Waals surface area contributed by atoms with E-state index in [1.807, 2.05) is 18.0 Å². The molecule has 1 aromatic heterocycles. The van der Waals surface area contributed by atoms with Gasteiger partial charge in [0.1, 0.15) is 17.5 Å². The molecule has 7 nitrogen and oxygen atoms in total. The molecule has 2 aromatic rings. The molecule has 1 N–H and O–H groups in total. The van der Waals surface area contributed by atoms with Crippen molar-refractivity contribution < 1.29 is 14.0 Å². The van der Waals surface area contributed by atoms with Crippen LogP contribution >= 0.6 is 0 Å². The molecule has 0 bridgehead atoms. The van der Waals surface area contributed by atoms with E-state index in [2.05, 4.69) is 10.3 Å². The second-order valence-electron chi connectivity index (χ2n) is 7.95. The molecule has 3 heterocycles. The van der Waals surface area contributed by atoms with Gasteiger partial charge in [-0.1, -0.05) is 0 Å². The number of carbonyl (C=O) groups excluding carboxylic acids is 2. The van der Waals surface area contributed by atoms with E-state index in [1.54, 1.807) is 24.0 Å². The molecule has 1 atom stereocenters. The Kier molecular flexibility index (Phi) is 5.65. The van der Waals surface area contributed by atoms with E-state index in [9.17, 15) is 14.0 Å². The lowest BCUT2D eigenvalue weighted by atomic mass is 9.95. The van der Waals surface area contributed by atoms with Crippen LogP contribution < -0.4 is 10.2 Å². The lowest BCUT2D eigenvalue weighted by Gasteiger charge is -2.30. The van der Waals surface area contributed by atoms with Crippen molar-refractivity contribution in [2.75, 3.05) is 36.9 Å². The minimum Gasteiger partial charge on any atom is -0.373 e. The molecule has 2 aliphatic heterocycles. The fourth-order valence-electron chi connectivity index (χ4n) is 4.23. The highest BCUT2D eigenvalue weighted by Crippen LogP contribution is 2.33. The lowest BCUT2D eigenvalue weighted by molar-refractivity contribution is -0.129. The molecule has 2 fully saturated rings. The van der Waals surface area contributed by atoms with Crippen LogP contribution in [-0.2, 0) is 9.59 Å². The molecule has 2 aliphatic rings. The van der Waals surface area contributed by atoms with Crippen LogP contribution in [0.1, 0.15) is 49.5 Å². The average Bonchev–Trinajstić information content (AvgIpc) is 3.15. The fourth-order valence-corrected chi connectivity index (χ4v) is 4.23. The maximum Gasteiger partial charge on any atom is 0.227 e. The van der Waals surface area contributed by atoms with Gasteiger partial charge in [0.25, 0.3) is 0 Å². The van der Waals surface area contributed by atoms with Gasteiger partial charge in [0, 0.05) is 63.6 Å². The molecule has 30 heavy (non-hydrogen) atoms. The number of halogens is 1. The first-order valence-electron chi connectivity index (χ1n) is 10.3. The summed E-state index contributed by atoms with van der Waals surface area (Å²) >= 11 is 0. The Morgan fingerprint density at radius 3 is 2.47 bits per heavy atom. The summed E-state index contributed by atoms with van der Waals surface area (Å²) in [4.78, 5) is 37.3. The minimum absolute atomic E-state index is 0.00699.